The van der Waals surface area contributed by atoms with Gasteiger partial charge in [-0.15, -0.1) is 0 Å². The Hall–Kier alpha value is -2.49. The topological polar surface area (TPSA) is 16.8 Å². The van der Waals surface area contributed by atoms with Crippen molar-refractivity contribution in [2.75, 3.05) is 0 Å². The van der Waals surface area contributed by atoms with Crippen molar-refractivity contribution >= 4 is 17.3 Å². The van der Waals surface area contributed by atoms with Crippen LogP contribution in [0.4, 0.5) is 4.39 Å². The molecule has 4 atom stereocenters. The Kier molecular flexibility index (Phi) is 3.66. The molecule has 2 aliphatic rings. The predicted molar refractivity (Wildman–Crippen MR) is 101 cm³/mol. The van der Waals surface area contributed by atoms with E-state index in [1.165, 1.54) is 16.5 Å². The lowest BCUT2D eigenvalue weighted by Gasteiger charge is -2.11. The Bertz CT molecular complexity index is 985. The van der Waals surface area contributed by atoms with Gasteiger partial charge in [0.2, 0.25) is 6.17 Å². The summed E-state index contributed by atoms with van der Waals surface area (Å²) in [6.45, 7) is 0. The molecule has 0 aromatic heterocycles. The number of hydrogen-bond acceptors (Lipinski definition) is 1. The van der Waals surface area contributed by atoms with Crippen LogP contribution in [0, 0.1) is 5.82 Å². The van der Waals surface area contributed by atoms with E-state index in [9.17, 15) is 4.39 Å². The van der Waals surface area contributed by atoms with Crippen molar-refractivity contribution in [2.24, 2.45) is 4.99 Å². The van der Waals surface area contributed by atoms with Crippen molar-refractivity contribution in [3.05, 3.63) is 106 Å². The highest BCUT2D eigenvalue weighted by atomic mass is 35.5. The zero-order valence-corrected chi connectivity index (χ0v) is 14.7. The number of nitrogens with zero attached hydrogens (tertiary/aromatic N) is 1. The third-order valence-corrected chi connectivity index (χ3v) is 5.57. The highest BCUT2D eigenvalue weighted by molar-refractivity contribution is 6.30. The molecule has 0 bridgehead atoms. The van der Waals surface area contributed by atoms with Crippen LogP contribution in [-0.4, -0.2) is 11.8 Å². The number of benzene rings is 3. The second-order valence-corrected chi connectivity index (χ2v) is 7.25. The number of nitrogens with one attached hydrogen (secondary N) is 1. The summed E-state index contributed by atoms with van der Waals surface area (Å²) in [5.74, 6) is -0.191. The zero-order chi connectivity index (χ0) is 17.7. The quantitative estimate of drug-likeness (QED) is 0.678. The number of halogens is 2. The van der Waals surface area contributed by atoms with Gasteiger partial charge in [0.05, 0.1) is 5.56 Å². The molecule has 0 aliphatic carbocycles. The molecule has 1 unspecified atom stereocenters. The fraction of sp³-hybridized carbons (Fsp3) is 0.136. The maximum atomic E-state index is 14.4. The Morgan fingerprint density at radius 3 is 2.23 bits per heavy atom. The molecule has 5 rings (SSSR count). The minimum absolute atomic E-state index is 0.191. The van der Waals surface area contributed by atoms with Gasteiger partial charge in [-0.05, 0) is 24.3 Å². The van der Waals surface area contributed by atoms with E-state index in [-0.39, 0.29) is 24.1 Å². The van der Waals surface area contributed by atoms with Gasteiger partial charge in [-0.25, -0.2) is 9.38 Å². The maximum absolute atomic E-state index is 14.4. The Morgan fingerprint density at radius 1 is 0.808 bits per heavy atom. The van der Waals surface area contributed by atoms with Gasteiger partial charge in [-0.2, -0.15) is 0 Å². The third kappa shape index (κ3) is 2.47. The van der Waals surface area contributed by atoms with E-state index in [0.29, 0.717) is 5.56 Å². The van der Waals surface area contributed by atoms with Gasteiger partial charge in [0.25, 0.3) is 0 Å². The van der Waals surface area contributed by atoms with Crippen LogP contribution < -0.4 is 4.90 Å². The predicted octanol–water partition coefficient (Wildman–Crippen LogP) is 3.99. The van der Waals surface area contributed by atoms with Gasteiger partial charge in [0, 0.05) is 16.1 Å². The van der Waals surface area contributed by atoms with Gasteiger partial charge in [0.1, 0.15) is 11.5 Å². The number of quaternary nitrogens is 1. The molecule has 2 heterocycles. The molecule has 4 heteroatoms. The van der Waals surface area contributed by atoms with Gasteiger partial charge >= 0.3 is 0 Å². The van der Waals surface area contributed by atoms with Crippen molar-refractivity contribution in [3.8, 4) is 0 Å². The Balaban J connectivity index is 1.58. The standard InChI is InChI=1S/C22H16ClFN2/c23-16-12-10-15(11-13-16)20-21-19(14-6-2-1-3-7-14)25-22(26(20)21)17-8-4-5-9-18(17)24/h1-13,20-22H/p+1/t20-,21-,22-,26?/m1/s1. The van der Waals surface area contributed by atoms with E-state index in [0.717, 1.165) is 16.3 Å². The molecule has 0 saturated carbocycles. The fourth-order valence-electron chi connectivity index (χ4n) is 4.10. The molecule has 1 fully saturated rings. The number of fused-ring (bicyclic) bond motifs is 1. The molecule has 2 aliphatic heterocycles. The maximum Gasteiger partial charge on any atom is 0.212 e. The smallest absolute Gasteiger partial charge is 0.212 e. The first kappa shape index (κ1) is 15.7. The summed E-state index contributed by atoms with van der Waals surface area (Å²) in [6, 6.07) is 25.7. The highest BCUT2D eigenvalue weighted by Gasteiger charge is 2.66. The van der Waals surface area contributed by atoms with E-state index < -0.39 is 0 Å². The minimum atomic E-state index is -0.211. The normalized spacial score (nSPS) is 26.3. The lowest BCUT2D eigenvalue weighted by molar-refractivity contribution is -0.817. The molecular formula is C22H17ClFN2+. The number of aliphatic imine (C=N–C) groups is 1. The van der Waals surface area contributed by atoms with Crippen LogP contribution in [0.15, 0.2) is 83.9 Å². The monoisotopic (exact) mass is 363 g/mol. The van der Waals surface area contributed by atoms with Crippen molar-refractivity contribution in [2.45, 2.75) is 18.2 Å². The SMILES string of the molecule is Fc1ccccc1[C@@H]1N=C(c2ccccc2)[C@@H]2[C@@H](c3ccc(Cl)cc3)[NH+]21. The fourth-order valence-corrected chi connectivity index (χ4v) is 4.22. The van der Waals surface area contributed by atoms with Crippen LogP contribution in [-0.2, 0) is 0 Å². The van der Waals surface area contributed by atoms with Crippen molar-refractivity contribution in [1.82, 2.24) is 0 Å². The lowest BCUT2D eigenvalue weighted by Crippen LogP contribution is -2.93. The van der Waals surface area contributed by atoms with Crippen LogP contribution in [0.3, 0.4) is 0 Å². The molecule has 128 valence electrons. The van der Waals surface area contributed by atoms with Crippen molar-refractivity contribution < 1.29 is 9.29 Å². The molecule has 0 spiro atoms. The van der Waals surface area contributed by atoms with Crippen LogP contribution in [0.25, 0.3) is 0 Å². The highest BCUT2D eigenvalue weighted by Crippen LogP contribution is 2.37. The average molecular weight is 364 g/mol. The van der Waals surface area contributed by atoms with E-state index in [2.05, 4.69) is 24.3 Å². The second-order valence-electron chi connectivity index (χ2n) is 6.81. The van der Waals surface area contributed by atoms with E-state index in [1.54, 1.807) is 6.07 Å². The Labute approximate surface area is 156 Å². The molecule has 3 aromatic carbocycles. The third-order valence-electron chi connectivity index (χ3n) is 5.32. The van der Waals surface area contributed by atoms with Gasteiger partial charge in [0.15, 0.2) is 12.1 Å². The van der Waals surface area contributed by atoms with Gasteiger partial charge in [-0.3, -0.25) is 4.90 Å². The first-order chi connectivity index (χ1) is 12.7. The van der Waals surface area contributed by atoms with Gasteiger partial charge < -0.3 is 0 Å². The van der Waals surface area contributed by atoms with E-state index in [4.69, 9.17) is 16.6 Å². The van der Waals surface area contributed by atoms with Crippen LogP contribution in [0.1, 0.15) is 28.9 Å². The Morgan fingerprint density at radius 2 is 1.50 bits per heavy atom. The molecule has 3 aromatic rings. The van der Waals surface area contributed by atoms with Crippen LogP contribution in [0.5, 0.6) is 0 Å². The second kappa shape index (κ2) is 6.04. The number of hydrogen-bond donors (Lipinski definition) is 1. The molecule has 1 N–H and O–H groups in total. The first-order valence-electron chi connectivity index (χ1n) is 8.73. The van der Waals surface area contributed by atoms with E-state index >= 15 is 0 Å². The molecule has 1 saturated heterocycles. The summed E-state index contributed by atoms with van der Waals surface area (Å²) in [5, 5.41) is 0.729. The van der Waals surface area contributed by atoms with Crippen LogP contribution in [0.2, 0.25) is 5.02 Å². The molecule has 2 nitrogen and oxygen atoms in total. The van der Waals surface area contributed by atoms with Crippen LogP contribution >= 0.6 is 11.6 Å². The molecule has 0 radical (unpaired) electrons. The van der Waals surface area contributed by atoms with Crippen molar-refractivity contribution in [1.29, 1.82) is 0 Å². The summed E-state index contributed by atoms with van der Waals surface area (Å²) < 4.78 is 14.4. The molecular weight excluding hydrogens is 347 g/mol. The lowest BCUT2D eigenvalue weighted by atomic mass is 10.0. The molecule has 26 heavy (non-hydrogen) atoms. The van der Waals surface area contributed by atoms with Gasteiger partial charge in [-0.1, -0.05) is 66.2 Å². The average Bonchev–Trinajstić information content (AvgIpc) is 3.28. The summed E-state index contributed by atoms with van der Waals surface area (Å²) in [6.07, 6.45) is -0.211. The summed E-state index contributed by atoms with van der Waals surface area (Å²) in [4.78, 5) is 6.22. The largest absolute Gasteiger partial charge is 0.286 e. The van der Waals surface area contributed by atoms with E-state index in [1.807, 2.05) is 42.5 Å². The minimum Gasteiger partial charge on any atom is -0.286 e. The zero-order valence-electron chi connectivity index (χ0n) is 13.9. The van der Waals surface area contributed by atoms with Crippen molar-refractivity contribution in [3.63, 3.8) is 0 Å². The summed E-state index contributed by atoms with van der Waals surface area (Å²) in [5.41, 5.74) is 4.06. The number of rotatable bonds is 3. The summed E-state index contributed by atoms with van der Waals surface area (Å²) in [7, 11) is 0. The molecule has 0 amide bonds. The summed E-state index contributed by atoms with van der Waals surface area (Å²) >= 11 is 6.05. The first-order valence-corrected chi connectivity index (χ1v) is 9.11.